The van der Waals surface area contributed by atoms with Crippen LogP contribution in [0.25, 0.3) is 0 Å². The van der Waals surface area contributed by atoms with Gasteiger partial charge in [0.2, 0.25) is 0 Å². The van der Waals surface area contributed by atoms with Crippen molar-refractivity contribution in [3.63, 3.8) is 0 Å². The number of aliphatic hydroxyl groups is 1. The average Bonchev–Trinajstić information content (AvgIpc) is 2.40. The average molecular weight is 281 g/mol. The van der Waals surface area contributed by atoms with Crippen LogP contribution in [-0.2, 0) is 6.18 Å². The maximum Gasteiger partial charge on any atom is 0.416 e. The Hall–Kier alpha value is -2.01. The van der Waals surface area contributed by atoms with Crippen LogP contribution in [0.2, 0.25) is 0 Å². The number of hydrogen-bond donors (Lipinski definition) is 2. The van der Waals surface area contributed by atoms with Crippen LogP contribution >= 0.6 is 0 Å². The van der Waals surface area contributed by atoms with E-state index in [1.165, 1.54) is 12.1 Å². The van der Waals surface area contributed by atoms with Gasteiger partial charge in [0.1, 0.15) is 6.10 Å². The zero-order valence-corrected chi connectivity index (χ0v) is 10.8. The molecule has 0 bridgehead atoms. The van der Waals surface area contributed by atoms with E-state index < -0.39 is 17.8 Å². The third-order valence-electron chi connectivity index (χ3n) is 3.18. The Morgan fingerprint density at radius 2 is 1.75 bits per heavy atom. The highest BCUT2D eigenvalue weighted by Crippen LogP contribution is 2.33. The number of aryl methyl sites for hydroxylation is 1. The number of nitrogens with two attached hydrogens (primary N) is 1. The summed E-state index contributed by atoms with van der Waals surface area (Å²) < 4.78 is 38.0. The van der Waals surface area contributed by atoms with E-state index >= 15 is 0 Å². The lowest BCUT2D eigenvalue weighted by atomic mass is 9.96. The normalized spacial score (nSPS) is 13.2. The minimum Gasteiger partial charge on any atom is -0.398 e. The van der Waals surface area contributed by atoms with Crippen LogP contribution in [0.3, 0.4) is 0 Å². The highest BCUT2D eigenvalue weighted by Gasteiger charge is 2.31. The molecule has 0 fully saturated rings. The summed E-state index contributed by atoms with van der Waals surface area (Å²) in [6.07, 6.45) is -5.62. The topological polar surface area (TPSA) is 46.2 Å². The Morgan fingerprint density at radius 1 is 1.10 bits per heavy atom. The van der Waals surface area contributed by atoms with Crippen LogP contribution in [0.4, 0.5) is 18.9 Å². The summed E-state index contributed by atoms with van der Waals surface area (Å²) in [6, 6.07) is 9.71. The number of aliphatic hydroxyl groups excluding tert-OH is 1. The van der Waals surface area contributed by atoms with Gasteiger partial charge in [-0.25, -0.2) is 0 Å². The fourth-order valence-corrected chi connectivity index (χ4v) is 2.01. The highest BCUT2D eigenvalue weighted by atomic mass is 19.4. The Morgan fingerprint density at radius 3 is 2.40 bits per heavy atom. The van der Waals surface area contributed by atoms with E-state index in [4.69, 9.17) is 5.73 Å². The van der Waals surface area contributed by atoms with E-state index in [-0.39, 0.29) is 5.56 Å². The summed E-state index contributed by atoms with van der Waals surface area (Å²) in [4.78, 5) is 0. The van der Waals surface area contributed by atoms with Crippen LogP contribution in [0.1, 0.15) is 28.4 Å². The molecular weight excluding hydrogens is 267 g/mol. The molecule has 0 aromatic heterocycles. The summed E-state index contributed by atoms with van der Waals surface area (Å²) in [5, 5.41) is 10.2. The molecule has 1 atom stereocenters. The monoisotopic (exact) mass is 281 g/mol. The molecule has 0 saturated heterocycles. The lowest BCUT2D eigenvalue weighted by Gasteiger charge is -2.16. The number of benzene rings is 2. The van der Waals surface area contributed by atoms with Crippen molar-refractivity contribution in [3.8, 4) is 0 Å². The quantitative estimate of drug-likeness (QED) is 0.825. The fourth-order valence-electron chi connectivity index (χ4n) is 2.01. The summed E-state index contributed by atoms with van der Waals surface area (Å²) in [5.74, 6) is 0. The van der Waals surface area contributed by atoms with E-state index in [0.29, 0.717) is 11.3 Å². The zero-order valence-electron chi connectivity index (χ0n) is 10.8. The second kappa shape index (κ2) is 5.17. The van der Waals surface area contributed by atoms with Crippen LogP contribution in [0.5, 0.6) is 0 Å². The first-order chi connectivity index (χ1) is 9.30. The molecule has 20 heavy (non-hydrogen) atoms. The first-order valence-corrected chi connectivity index (χ1v) is 6.01. The molecule has 106 valence electrons. The molecule has 0 aliphatic heterocycles. The number of rotatable bonds is 2. The van der Waals surface area contributed by atoms with Gasteiger partial charge >= 0.3 is 6.18 Å². The molecule has 2 aromatic rings. The molecule has 0 spiro atoms. The molecule has 5 heteroatoms. The van der Waals surface area contributed by atoms with Crippen LogP contribution in [-0.4, -0.2) is 5.11 Å². The van der Waals surface area contributed by atoms with Crippen molar-refractivity contribution in [2.45, 2.75) is 19.2 Å². The highest BCUT2D eigenvalue weighted by molar-refractivity contribution is 5.56. The predicted molar refractivity (Wildman–Crippen MR) is 71.1 cm³/mol. The van der Waals surface area contributed by atoms with Crippen molar-refractivity contribution in [2.24, 2.45) is 0 Å². The predicted octanol–water partition coefficient (Wildman–Crippen LogP) is 3.68. The summed E-state index contributed by atoms with van der Waals surface area (Å²) >= 11 is 0. The molecule has 0 saturated carbocycles. The minimum absolute atomic E-state index is 0.164. The number of hydrogen-bond acceptors (Lipinski definition) is 2. The number of alkyl halides is 3. The summed E-state index contributed by atoms with van der Waals surface area (Å²) in [5.41, 5.74) is 6.80. The van der Waals surface area contributed by atoms with Gasteiger partial charge in [-0.3, -0.25) is 0 Å². The van der Waals surface area contributed by atoms with E-state index in [0.717, 1.165) is 17.7 Å². The van der Waals surface area contributed by atoms with Crippen molar-refractivity contribution < 1.29 is 18.3 Å². The Labute approximate surface area is 114 Å². The van der Waals surface area contributed by atoms with Crippen LogP contribution in [0.15, 0.2) is 42.5 Å². The molecule has 1 unspecified atom stereocenters. The molecule has 2 rings (SSSR count). The van der Waals surface area contributed by atoms with Crippen molar-refractivity contribution in [3.05, 3.63) is 64.7 Å². The van der Waals surface area contributed by atoms with Gasteiger partial charge in [-0.05, 0) is 30.2 Å². The standard InChI is InChI=1S/C15H14F3NO/c1-9-4-2-7-12(13(9)19)14(20)10-5-3-6-11(8-10)15(16,17)18/h2-8,14,20H,19H2,1H3. The van der Waals surface area contributed by atoms with E-state index in [1.54, 1.807) is 25.1 Å². The Balaban J connectivity index is 2.44. The molecule has 0 radical (unpaired) electrons. The maximum absolute atomic E-state index is 12.7. The van der Waals surface area contributed by atoms with Gasteiger partial charge in [0, 0.05) is 11.3 Å². The number of nitrogen functional groups attached to an aromatic ring is 1. The van der Waals surface area contributed by atoms with Crippen molar-refractivity contribution in [1.82, 2.24) is 0 Å². The third-order valence-corrected chi connectivity index (χ3v) is 3.18. The van der Waals surface area contributed by atoms with Crippen LogP contribution in [0, 0.1) is 6.92 Å². The molecule has 0 aliphatic carbocycles. The molecule has 0 aliphatic rings. The zero-order chi connectivity index (χ0) is 14.9. The lowest BCUT2D eigenvalue weighted by Crippen LogP contribution is -2.09. The van der Waals surface area contributed by atoms with E-state index in [2.05, 4.69) is 0 Å². The van der Waals surface area contributed by atoms with Crippen molar-refractivity contribution in [2.75, 3.05) is 5.73 Å². The summed E-state index contributed by atoms with van der Waals surface area (Å²) in [7, 11) is 0. The SMILES string of the molecule is Cc1cccc(C(O)c2cccc(C(F)(F)F)c2)c1N. The molecule has 0 heterocycles. The van der Waals surface area contributed by atoms with Gasteiger partial charge < -0.3 is 10.8 Å². The second-order valence-electron chi connectivity index (χ2n) is 4.60. The number of para-hydroxylation sites is 1. The van der Waals surface area contributed by atoms with Gasteiger partial charge in [0.15, 0.2) is 0 Å². The van der Waals surface area contributed by atoms with Gasteiger partial charge in [-0.2, -0.15) is 13.2 Å². The maximum atomic E-state index is 12.7. The number of halogens is 3. The number of anilines is 1. The fraction of sp³-hybridized carbons (Fsp3) is 0.200. The van der Waals surface area contributed by atoms with Gasteiger partial charge in [0.25, 0.3) is 0 Å². The van der Waals surface area contributed by atoms with Gasteiger partial charge in [-0.1, -0.05) is 30.3 Å². The van der Waals surface area contributed by atoms with Gasteiger partial charge in [0.05, 0.1) is 5.56 Å². The Kier molecular flexibility index (Phi) is 3.72. The van der Waals surface area contributed by atoms with Crippen molar-refractivity contribution >= 4 is 5.69 Å². The molecule has 3 N–H and O–H groups in total. The van der Waals surface area contributed by atoms with E-state index in [9.17, 15) is 18.3 Å². The molecule has 0 amide bonds. The van der Waals surface area contributed by atoms with Crippen LogP contribution < -0.4 is 5.73 Å². The smallest absolute Gasteiger partial charge is 0.398 e. The van der Waals surface area contributed by atoms with Gasteiger partial charge in [-0.15, -0.1) is 0 Å². The lowest BCUT2D eigenvalue weighted by molar-refractivity contribution is -0.137. The third kappa shape index (κ3) is 2.77. The first-order valence-electron chi connectivity index (χ1n) is 6.01. The largest absolute Gasteiger partial charge is 0.416 e. The minimum atomic E-state index is -4.44. The summed E-state index contributed by atoms with van der Waals surface area (Å²) in [6.45, 7) is 1.78. The molecular formula is C15H14F3NO. The first kappa shape index (κ1) is 14.4. The molecule has 2 nitrogen and oxygen atoms in total. The Bertz CT molecular complexity index is 623. The van der Waals surface area contributed by atoms with E-state index in [1.807, 2.05) is 0 Å². The molecule has 2 aromatic carbocycles. The second-order valence-corrected chi connectivity index (χ2v) is 4.60. The van der Waals surface area contributed by atoms with Crippen molar-refractivity contribution in [1.29, 1.82) is 0 Å².